The lowest BCUT2D eigenvalue weighted by atomic mass is 9.85. The summed E-state index contributed by atoms with van der Waals surface area (Å²) < 4.78 is 5.44. The first-order valence-corrected chi connectivity index (χ1v) is 11.9. The third-order valence-electron chi connectivity index (χ3n) is 5.13. The molecule has 3 rings (SSSR count). The van der Waals surface area contributed by atoms with Gasteiger partial charge in [0.1, 0.15) is 6.29 Å². The molecule has 1 heterocycles. The second kappa shape index (κ2) is 14.4. The molecular formula is C26H41ClN2O2. The number of aldehydes is 1. The fourth-order valence-corrected chi connectivity index (χ4v) is 2.89. The molecule has 1 aliphatic carbocycles. The number of hydrogen-bond donors (Lipinski definition) is 1. The van der Waals surface area contributed by atoms with E-state index >= 15 is 0 Å². The Morgan fingerprint density at radius 1 is 1.16 bits per heavy atom. The van der Waals surface area contributed by atoms with E-state index in [1.165, 1.54) is 12.8 Å². The van der Waals surface area contributed by atoms with Gasteiger partial charge in [-0.05, 0) is 68.8 Å². The minimum Gasteiger partial charge on any atom is -0.356 e. The van der Waals surface area contributed by atoms with Crippen molar-refractivity contribution in [3.63, 3.8) is 0 Å². The van der Waals surface area contributed by atoms with Crippen LogP contribution < -0.4 is 5.32 Å². The van der Waals surface area contributed by atoms with Gasteiger partial charge < -0.3 is 14.6 Å². The van der Waals surface area contributed by atoms with Gasteiger partial charge in [-0.3, -0.25) is 0 Å². The van der Waals surface area contributed by atoms with Crippen LogP contribution in [0, 0.1) is 23.7 Å². The van der Waals surface area contributed by atoms with E-state index < -0.39 is 0 Å². The number of carbonyl (C=O) groups excluding carboxylic acids is 1. The molecule has 0 bridgehead atoms. The molecule has 3 atom stereocenters. The number of nitrogens with one attached hydrogen (secondary N) is 1. The van der Waals surface area contributed by atoms with Crippen molar-refractivity contribution < 1.29 is 9.32 Å². The average Bonchev–Trinajstić information content (AvgIpc) is 3.37. The van der Waals surface area contributed by atoms with E-state index in [2.05, 4.69) is 45.1 Å². The van der Waals surface area contributed by atoms with Crippen LogP contribution in [0.1, 0.15) is 66.5 Å². The molecule has 0 amide bonds. The SMILES string of the molecule is CC(C)C.CC1CC1.CNC(C)CC(Cc1cc(-c2ccc(Cl)cc2)on1)C(C)C=O. The summed E-state index contributed by atoms with van der Waals surface area (Å²) in [6, 6.07) is 9.75. The highest BCUT2D eigenvalue weighted by Crippen LogP contribution is 2.27. The summed E-state index contributed by atoms with van der Waals surface area (Å²) in [7, 11) is 1.93. The van der Waals surface area contributed by atoms with Gasteiger partial charge in [-0.1, -0.05) is 64.2 Å². The van der Waals surface area contributed by atoms with E-state index in [9.17, 15) is 4.79 Å². The Balaban J connectivity index is 0.000000505. The van der Waals surface area contributed by atoms with Gasteiger partial charge in [0, 0.05) is 28.6 Å². The van der Waals surface area contributed by atoms with Crippen molar-refractivity contribution in [1.29, 1.82) is 0 Å². The van der Waals surface area contributed by atoms with Crippen molar-refractivity contribution in [2.24, 2.45) is 23.7 Å². The molecule has 1 saturated carbocycles. The van der Waals surface area contributed by atoms with Crippen LogP contribution in [-0.2, 0) is 11.2 Å². The minimum absolute atomic E-state index is 0.0125. The first-order chi connectivity index (χ1) is 14.7. The van der Waals surface area contributed by atoms with Crippen LogP contribution in [0.4, 0.5) is 0 Å². The molecule has 0 spiro atoms. The molecule has 2 aromatic rings. The second-order valence-electron chi connectivity index (χ2n) is 9.49. The number of carbonyl (C=O) groups is 1. The van der Waals surface area contributed by atoms with E-state index in [-0.39, 0.29) is 11.8 Å². The van der Waals surface area contributed by atoms with Crippen LogP contribution >= 0.6 is 11.6 Å². The first kappa shape index (κ1) is 27.4. The lowest BCUT2D eigenvalue weighted by Gasteiger charge is -2.22. The molecule has 1 N–H and O–H groups in total. The summed E-state index contributed by atoms with van der Waals surface area (Å²) in [5.41, 5.74) is 1.81. The third-order valence-corrected chi connectivity index (χ3v) is 5.38. The van der Waals surface area contributed by atoms with Gasteiger partial charge in [-0.25, -0.2) is 0 Å². The van der Waals surface area contributed by atoms with Crippen molar-refractivity contribution in [2.45, 2.75) is 73.3 Å². The maximum Gasteiger partial charge on any atom is 0.167 e. The zero-order chi connectivity index (χ0) is 23.4. The van der Waals surface area contributed by atoms with Gasteiger partial charge in [0.2, 0.25) is 0 Å². The average molecular weight is 449 g/mol. The maximum absolute atomic E-state index is 11.2. The van der Waals surface area contributed by atoms with Gasteiger partial charge in [0.05, 0.1) is 5.69 Å². The Bertz CT molecular complexity index is 735. The van der Waals surface area contributed by atoms with Crippen LogP contribution in [-0.4, -0.2) is 24.5 Å². The number of nitrogens with zero attached hydrogens (tertiary/aromatic N) is 1. The number of benzene rings is 1. The lowest BCUT2D eigenvalue weighted by molar-refractivity contribution is -0.112. The van der Waals surface area contributed by atoms with Gasteiger partial charge >= 0.3 is 0 Å². The largest absolute Gasteiger partial charge is 0.356 e. The molecule has 5 heteroatoms. The molecule has 1 aromatic heterocycles. The van der Waals surface area contributed by atoms with E-state index in [1.807, 2.05) is 44.3 Å². The van der Waals surface area contributed by atoms with Crippen molar-refractivity contribution >= 4 is 17.9 Å². The van der Waals surface area contributed by atoms with Crippen LogP contribution in [0.15, 0.2) is 34.9 Å². The Morgan fingerprint density at radius 2 is 1.71 bits per heavy atom. The second-order valence-corrected chi connectivity index (χ2v) is 9.93. The number of aromatic nitrogens is 1. The molecule has 0 saturated heterocycles. The summed E-state index contributed by atoms with van der Waals surface area (Å²) in [6.07, 6.45) is 5.63. The van der Waals surface area contributed by atoms with Crippen LogP contribution in [0.3, 0.4) is 0 Å². The molecule has 1 aromatic carbocycles. The molecule has 3 unspecified atom stereocenters. The highest BCUT2D eigenvalue weighted by Gasteiger charge is 2.21. The smallest absolute Gasteiger partial charge is 0.167 e. The predicted octanol–water partition coefficient (Wildman–Crippen LogP) is 7.07. The Labute approximate surface area is 194 Å². The molecule has 1 aliphatic rings. The molecule has 1 fully saturated rings. The summed E-state index contributed by atoms with van der Waals surface area (Å²) >= 11 is 5.90. The number of hydrogen-bond acceptors (Lipinski definition) is 4. The van der Waals surface area contributed by atoms with Crippen LogP contribution in [0.2, 0.25) is 5.02 Å². The van der Waals surface area contributed by atoms with Crippen molar-refractivity contribution in [1.82, 2.24) is 10.5 Å². The highest BCUT2D eigenvalue weighted by atomic mass is 35.5. The van der Waals surface area contributed by atoms with E-state index in [1.54, 1.807) is 0 Å². The predicted molar refractivity (Wildman–Crippen MR) is 131 cm³/mol. The Hall–Kier alpha value is -1.65. The van der Waals surface area contributed by atoms with Gasteiger partial charge in [-0.2, -0.15) is 0 Å². The monoisotopic (exact) mass is 448 g/mol. The molecule has 0 radical (unpaired) electrons. The number of rotatable bonds is 8. The molecule has 31 heavy (non-hydrogen) atoms. The summed E-state index contributed by atoms with van der Waals surface area (Å²) in [5.74, 6) is 2.86. The topological polar surface area (TPSA) is 55.1 Å². The van der Waals surface area contributed by atoms with Crippen molar-refractivity contribution in [2.75, 3.05) is 7.05 Å². The normalized spacial score (nSPS) is 15.8. The Kier molecular flexibility index (Phi) is 12.7. The molecular weight excluding hydrogens is 408 g/mol. The number of halogens is 1. The molecule has 174 valence electrons. The molecule has 4 nitrogen and oxygen atoms in total. The fourth-order valence-electron chi connectivity index (χ4n) is 2.76. The van der Waals surface area contributed by atoms with Gasteiger partial charge in [-0.15, -0.1) is 0 Å². The zero-order valence-electron chi connectivity index (χ0n) is 20.3. The molecule has 0 aliphatic heterocycles. The van der Waals surface area contributed by atoms with Crippen LogP contribution in [0.5, 0.6) is 0 Å². The lowest BCUT2D eigenvalue weighted by Crippen LogP contribution is -2.28. The highest BCUT2D eigenvalue weighted by molar-refractivity contribution is 6.30. The Morgan fingerprint density at radius 3 is 2.16 bits per heavy atom. The van der Waals surface area contributed by atoms with Gasteiger partial charge in [0.15, 0.2) is 5.76 Å². The third kappa shape index (κ3) is 12.1. The first-order valence-electron chi connectivity index (χ1n) is 11.5. The van der Waals surface area contributed by atoms with Crippen LogP contribution in [0.25, 0.3) is 11.3 Å². The summed E-state index contributed by atoms with van der Waals surface area (Å²) in [5, 5.41) is 8.07. The van der Waals surface area contributed by atoms with E-state index in [4.69, 9.17) is 16.1 Å². The standard InChI is InChI=1S/C18H23ClN2O2.C4H8.C4H10/c1-12(11-22)15(8-13(2)20-3)9-17-10-18(23-21-17)14-4-6-16(19)7-5-14;1-4-2-3-4;1-4(2)3/h4-7,10-13,15,20H,8-9H2,1-3H3;4H,2-3H2,1H3;4H,1-3H3. The van der Waals surface area contributed by atoms with Crippen molar-refractivity contribution in [3.8, 4) is 11.3 Å². The van der Waals surface area contributed by atoms with Gasteiger partial charge in [0.25, 0.3) is 0 Å². The summed E-state index contributed by atoms with van der Waals surface area (Å²) in [4.78, 5) is 11.2. The zero-order valence-corrected chi connectivity index (χ0v) is 21.1. The quantitative estimate of drug-likeness (QED) is 0.439. The van der Waals surface area contributed by atoms with E-state index in [0.717, 1.165) is 48.0 Å². The summed E-state index contributed by atoms with van der Waals surface area (Å²) in [6.45, 7) is 12.9. The van der Waals surface area contributed by atoms with E-state index in [0.29, 0.717) is 11.1 Å². The maximum atomic E-state index is 11.2. The van der Waals surface area contributed by atoms with Crippen molar-refractivity contribution in [3.05, 3.63) is 41.0 Å². The minimum atomic E-state index is -0.0125. The fraction of sp³-hybridized carbons (Fsp3) is 0.615.